The second-order valence-corrected chi connectivity index (χ2v) is 4.86. The van der Waals surface area contributed by atoms with Gasteiger partial charge in [-0.15, -0.1) is 11.8 Å². The molecule has 0 bridgehead atoms. The molecule has 6 heteroatoms. The van der Waals surface area contributed by atoms with Crippen LogP contribution >= 0.6 is 11.8 Å². The number of carbonyl (C=O) groups is 1. The summed E-state index contributed by atoms with van der Waals surface area (Å²) in [6.45, 7) is 3.98. The van der Waals surface area contributed by atoms with Crippen LogP contribution in [-0.4, -0.2) is 20.9 Å². The lowest BCUT2D eigenvalue weighted by Crippen LogP contribution is -2.39. The second kappa shape index (κ2) is 5.18. The SMILES string of the molecule is CC(C)C(Sc1cnn(C)c1)C(=O)NN. The number of thioether (sulfide) groups is 1. The Labute approximate surface area is 93.4 Å². The molecule has 1 heterocycles. The number of amides is 1. The first-order valence-electron chi connectivity index (χ1n) is 4.70. The number of nitrogens with zero attached hydrogens (tertiary/aromatic N) is 2. The molecule has 1 unspecified atom stereocenters. The highest BCUT2D eigenvalue weighted by Crippen LogP contribution is 2.27. The van der Waals surface area contributed by atoms with Gasteiger partial charge in [0.05, 0.1) is 11.4 Å². The van der Waals surface area contributed by atoms with E-state index in [1.807, 2.05) is 27.1 Å². The van der Waals surface area contributed by atoms with Crippen molar-refractivity contribution in [3.63, 3.8) is 0 Å². The largest absolute Gasteiger partial charge is 0.293 e. The Morgan fingerprint density at radius 2 is 2.33 bits per heavy atom. The van der Waals surface area contributed by atoms with Crippen LogP contribution in [0.3, 0.4) is 0 Å². The predicted molar refractivity (Wildman–Crippen MR) is 60.0 cm³/mol. The number of carbonyl (C=O) groups excluding carboxylic acids is 1. The van der Waals surface area contributed by atoms with Gasteiger partial charge < -0.3 is 0 Å². The smallest absolute Gasteiger partial charge is 0.247 e. The van der Waals surface area contributed by atoms with Crippen molar-refractivity contribution in [2.45, 2.75) is 24.0 Å². The maximum atomic E-state index is 11.5. The Morgan fingerprint density at radius 3 is 2.73 bits per heavy atom. The number of aryl methyl sites for hydroxylation is 1. The molecule has 1 atom stereocenters. The Bertz CT molecular complexity index is 337. The molecule has 0 spiro atoms. The fourth-order valence-electron chi connectivity index (χ4n) is 1.18. The topological polar surface area (TPSA) is 72.9 Å². The number of hydrogen-bond acceptors (Lipinski definition) is 4. The van der Waals surface area contributed by atoms with Gasteiger partial charge in [0, 0.05) is 18.1 Å². The summed E-state index contributed by atoms with van der Waals surface area (Å²) in [4.78, 5) is 12.5. The molecule has 0 fully saturated rings. The highest BCUT2D eigenvalue weighted by Gasteiger charge is 2.23. The molecule has 3 N–H and O–H groups in total. The van der Waals surface area contributed by atoms with Crippen molar-refractivity contribution in [2.75, 3.05) is 0 Å². The Balaban J connectivity index is 2.71. The van der Waals surface area contributed by atoms with E-state index in [4.69, 9.17) is 5.84 Å². The number of hydrazine groups is 1. The fraction of sp³-hybridized carbons (Fsp3) is 0.556. The first-order valence-corrected chi connectivity index (χ1v) is 5.58. The fourth-order valence-corrected chi connectivity index (χ4v) is 2.24. The molecule has 5 nitrogen and oxygen atoms in total. The summed E-state index contributed by atoms with van der Waals surface area (Å²) in [6.07, 6.45) is 3.62. The molecule has 0 radical (unpaired) electrons. The first kappa shape index (κ1) is 12.1. The minimum atomic E-state index is -0.181. The standard InChI is InChI=1S/C9H16N4OS/c1-6(2)8(9(14)12-10)15-7-4-11-13(3)5-7/h4-6,8H,10H2,1-3H3,(H,12,14). The van der Waals surface area contributed by atoms with E-state index in [0.717, 1.165) is 4.90 Å². The molecule has 1 amide bonds. The Hall–Kier alpha value is -1.01. The highest BCUT2D eigenvalue weighted by atomic mass is 32.2. The number of rotatable bonds is 4. The molecular formula is C9H16N4OS. The average molecular weight is 228 g/mol. The van der Waals surface area contributed by atoms with Gasteiger partial charge in [-0.2, -0.15) is 5.10 Å². The van der Waals surface area contributed by atoms with Gasteiger partial charge in [-0.05, 0) is 5.92 Å². The van der Waals surface area contributed by atoms with Crippen molar-refractivity contribution in [3.05, 3.63) is 12.4 Å². The third kappa shape index (κ3) is 3.24. The van der Waals surface area contributed by atoms with Gasteiger partial charge in [0.25, 0.3) is 0 Å². The van der Waals surface area contributed by atoms with Crippen LogP contribution in [0.4, 0.5) is 0 Å². The molecule has 1 rings (SSSR count). The molecule has 0 saturated carbocycles. The maximum absolute atomic E-state index is 11.5. The minimum Gasteiger partial charge on any atom is -0.293 e. The molecule has 0 aromatic carbocycles. The van der Waals surface area contributed by atoms with Crippen molar-refractivity contribution in [1.82, 2.24) is 15.2 Å². The van der Waals surface area contributed by atoms with E-state index in [1.165, 1.54) is 11.8 Å². The monoisotopic (exact) mass is 228 g/mol. The van der Waals surface area contributed by atoms with E-state index in [9.17, 15) is 4.79 Å². The van der Waals surface area contributed by atoms with Crippen molar-refractivity contribution in [1.29, 1.82) is 0 Å². The van der Waals surface area contributed by atoms with Crippen LogP contribution in [0.1, 0.15) is 13.8 Å². The van der Waals surface area contributed by atoms with Crippen LogP contribution < -0.4 is 11.3 Å². The normalized spacial score (nSPS) is 12.9. The van der Waals surface area contributed by atoms with E-state index < -0.39 is 0 Å². The summed E-state index contributed by atoms with van der Waals surface area (Å²) in [5.41, 5.74) is 2.19. The number of aromatic nitrogens is 2. The van der Waals surface area contributed by atoms with Gasteiger partial charge in [0.15, 0.2) is 0 Å². The number of nitrogens with one attached hydrogen (secondary N) is 1. The highest BCUT2D eigenvalue weighted by molar-refractivity contribution is 8.00. The van der Waals surface area contributed by atoms with Crippen LogP contribution in [0.5, 0.6) is 0 Å². The summed E-state index contributed by atoms with van der Waals surface area (Å²) in [5, 5.41) is 3.87. The molecule has 0 aliphatic carbocycles. The van der Waals surface area contributed by atoms with Gasteiger partial charge in [-0.3, -0.25) is 14.9 Å². The molecule has 15 heavy (non-hydrogen) atoms. The van der Waals surface area contributed by atoms with E-state index in [1.54, 1.807) is 10.9 Å². The zero-order valence-electron chi connectivity index (χ0n) is 9.10. The maximum Gasteiger partial charge on any atom is 0.247 e. The molecule has 0 aliphatic heterocycles. The summed E-state index contributed by atoms with van der Waals surface area (Å²) >= 11 is 1.47. The van der Waals surface area contributed by atoms with Crippen LogP contribution in [0.2, 0.25) is 0 Å². The summed E-state index contributed by atoms with van der Waals surface area (Å²) in [5.74, 6) is 5.20. The van der Waals surface area contributed by atoms with E-state index >= 15 is 0 Å². The summed E-state index contributed by atoms with van der Waals surface area (Å²) in [6, 6.07) is 0. The van der Waals surface area contributed by atoms with Crippen molar-refractivity contribution >= 4 is 17.7 Å². The molecule has 0 saturated heterocycles. The lowest BCUT2D eigenvalue weighted by atomic mass is 10.1. The third-order valence-corrected chi connectivity index (χ3v) is 3.45. The van der Waals surface area contributed by atoms with E-state index in [2.05, 4.69) is 10.5 Å². The van der Waals surface area contributed by atoms with Crippen LogP contribution in [-0.2, 0) is 11.8 Å². The molecule has 1 aromatic heterocycles. The summed E-state index contributed by atoms with van der Waals surface area (Å²) in [7, 11) is 1.84. The van der Waals surface area contributed by atoms with Gasteiger partial charge in [-0.25, -0.2) is 5.84 Å². The number of hydrogen-bond donors (Lipinski definition) is 2. The quantitative estimate of drug-likeness (QED) is 0.341. The predicted octanol–water partition coefficient (Wildman–Crippen LogP) is 0.527. The minimum absolute atomic E-state index is 0.154. The van der Waals surface area contributed by atoms with Gasteiger partial charge in [0.2, 0.25) is 5.91 Å². The zero-order chi connectivity index (χ0) is 11.4. The molecule has 84 valence electrons. The molecule has 1 aromatic rings. The lowest BCUT2D eigenvalue weighted by molar-refractivity contribution is -0.121. The van der Waals surface area contributed by atoms with Crippen molar-refractivity contribution < 1.29 is 4.79 Å². The van der Waals surface area contributed by atoms with Crippen LogP contribution in [0.25, 0.3) is 0 Å². The molecule has 0 aliphatic rings. The number of nitrogens with two attached hydrogens (primary N) is 1. The van der Waals surface area contributed by atoms with Gasteiger partial charge >= 0.3 is 0 Å². The lowest BCUT2D eigenvalue weighted by Gasteiger charge is -2.17. The van der Waals surface area contributed by atoms with Crippen LogP contribution in [0.15, 0.2) is 17.3 Å². The van der Waals surface area contributed by atoms with E-state index in [0.29, 0.717) is 0 Å². The second-order valence-electron chi connectivity index (χ2n) is 3.64. The Morgan fingerprint density at radius 1 is 1.67 bits per heavy atom. The average Bonchev–Trinajstić information content (AvgIpc) is 2.59. The van der Waals surface area contributed by atoms with Gasteiger partial charge in [-0.1, -0.05) is 13.8 Å². The summed E-state index contributed by atoms with van der Waals surface area (Å²) < 4.78 is 1.71. The van der Waals surface area contributed by atoms with E-state index in [-0.39, 0.29) is 17.1 Å². The Kier molecular flexibility index (Phi) is 4.16. The van der Waals surface area contributed by atoms with Crippen molar-refractivity contribution in [2.24, 2.45) is 18.8 Å². The zero-order valence-corrected chi connectivity index (χ0v) is 9.91. The van der Waals surface area contributed by atoms with Crippen LogP contribution in [0, 0.1) is 5.92 Å². The van der Waals surface area contributed by atoms with Crippen molar-refractivity contribution in [3.8, 4) is 0 Å². The third-order valence-electron chi connectivity index (χ3n) is 1.95. The molecular weight excluding hydrogens is 212 g/mol. The van der Waals surface area contributed by atoms with Gasteiger partial charge in [0.1, 0.15) is 0 Å². The first-order chi connectivity index (χ1) is 7.04.